The van der Waals surface area contributed by atoms with Crippen LogP contribution in [0.3, 0.4) is 0 Å². The van der Waals surface area contributed by atoms with Crippen molar-refractivity contribution in [3.63, 3.8) is 0 Å². The number of nitrogens with zero attached hydrogens (tertiary/aromatic N) is 1. The lowest BCUT2D eigenvalue weighted by molar-refractivity contribution is 0.245. The van der Waals surface area contributed by atoms with Crippen LogP contribution in [0.1, 0.15) is 37.8 Å². The monoisotopic (exact) mass is 232 g/mol. The van der Waals surface area contributed by atoms with E-state index in [1.54, 1.807) is 0 Å². The van der Waals surface area contributed by atoms with Crippen LogP contribution >= 0.6 is 0 Å². The van der Waals surface area contributed by atoms with E-state index in [2.05, 4.69) is 30.9 Å². The first-order valence-corrected chi connectivity index (χ1v) is 6.75. The Kier molecular flexibility index (Phi) is 4.06. The number of anilines is 1. The zero-order valence-electron chi connectivity index (χ0n) is 11.1. The van der Waals surface area contributed by atoms with Crippen molar-refractivity contribution >= 4 is 5.69 Å². The van der Waals surface area contributed by atoms with Gasteiger partial charge in [0.2, 0.25) is 0 Å². The lowest BCUT2D eigenvalue weighted by atomic mass is 9.98. The fraction of sp³-hybridized carbons (Fsp3) is 0.600. The highest BCUT2D eigenvalue weighted by atomic mass is 15.1. The Balaban J connectivity index is 1.89. The molecule has 0 fully saturated rings. The summed E-state index contributed by atoms with van der Waals surface area (Å²) in [5.74, 6) is 0.822. The molecule has 1 heterocycles. The van der Waals surface area contributed by atoms with E-state index < -0.39 is 0 Å². The predicted octanol–water partition coefficient (Wildman–Crippen LogP) is 3.06. The van der Waals surface area contributed by atoms with Crippen LogP contribution in [0.15, 0.2) is 18.2 Å². The quantitative estimate of drug-likeness (QED) is 0.808. The summed E-state index contributed by atoms with van der Waals surface area (Å²) < 4.78 is 0. The number of rotatable bonds is 4. The minimum Gasteiger partial charge on any atom is -0.399 e. The van der Waals surface area contributed by atoms with Gasteiger partial charge in [-0.25, -0.2) is 0 Å². The molecule has 0 aromatic heterocycles. The van der Waals surface area contributed by atoms with Gasteiger partial charge in [0.25, 0.3) is 0 Å². The van der Waals surface area contributed by atoms with Gasteiger partial charge < -0.3 is 5.73 Å². The molecule has 0 radical (unpaired) electrons. The van der Waals surface area contributed by atoms with Gasteiger partial charge in [-0.15, -0.1) is 0 Å². The van der Waals surface area contributed by atoms with E-state index >= 15 is 0 Å². The first-order valence-electron chi connectivity index (χ1n) is 6.75. The first-order chi connectivity index (χ1) is 8.15. The Bertz CT molecular complexity index is 371. The average molecular weight is 232 g/mol. The van der Waals surface area contributed by atoms with Crippen LogP contribution in [0.4, 0.5) is 5.69 Å². The number of nitrogen functional groups attached to an aromatic ring is 1. The van der Waals surface area contributed by atoms with Gasteiger partial charge >= 0.3 is 0 Å². The van der Waals surface area contributed by atoms with E-state index in [-0.39, 0.29) is 0 Å². The number of fused-ring (bicyclic) bond motifs is 1. The zero-order chi connectivity index (χ0) is 12.3. The lowest BCUT2D eigenvalue weighted by Crippen LogP contribution is -2.31. The van der Waals surface area contributed by atoms with Crippen LogP contribution in [0.5, 0.6) is 0 Å². The van der Waals surface area contributed by atoms with Gasteiger partial charge in [0.15, 0.2) is 0 Å². The van der Waals surface area contributed by atoms with E-state index in [4.69, 9.17) is 5.73 Å². The van der Waals surface area contributed by atoms with Gasteiger partial charge in [-0.05, 0) is 55.0 Å². The van der Waals surface area contributed by atoms with Crippen LogP contribution < -0.4 is 5.73 Å². The second-order valence-corrected chi connectivity index (χ2v) is 5.59. The maximum Gasteiger partial charge on any atom is 0.0317 e. The van der Waals surface area contributed by atoms with Crippen LogP contribution in [-0.4, -0.2) is 18.0 Å². The van der Waals surface area contributed by atoms with Gasteiger partial charge in [-0.2, -0.15) is 0 Å². The third-order valence-electron chi connectivity index (χ3n) is 3.58. The predicted molar refractivity (Wildman–Crippen MR) is 73.9 cm³/mol. The van der Waals surface area contributed by atoms with E-state index in [0.717, 1.165) is 18.2 Å². The molecule has 0 saturated heterocycles. The minimum absolute atomic E-state index is 0.822. The smallest absolute Gasteiger partial charge is 0.0317 e. The molecule has 1 aliphatic heterocycles. The summed E-state index contributed by atoms with van der Waals surface area (Å²) in [6.45, 7) is 8.11. The van der Waals surface area contributed by atoms with Crippen LogP contribution in [-0.2, 0) is 13.0 Å². The van der Waals surface area contributed by atoms with Gasteiger partial charge in [-0.1, -0.05) is 19.9 Å². The maximum absolute atomic E-state index is 5.85. The molecule has 0 atom stereocenters. The van der Waals surface area contributed by atoms with Crippen molar-refractivity contribution in [3.05, 3.63) is 29.3 Å². The van der Waals surface area contributed by atoms with E-state index in [9.17, 15) is 0 Å². The Morgan fingerprint density at radius 3 is 2.88 bits per heavy atom. The summed E-state index contributed by atoms with van der Waals surface area (Å²) in [5.41, 5.74) is 9.66. The van der Waals surface area contributed by atoms with Crippen molar-refractivity contribution in [1.82, 2.24) is 4.90 Å². The molecule has 0 unspecified atom stereocenters. The molecule has 2 N–H and O–H groups in total. The minimum atomic E-state index is 0.822. The van der Waals surface area contributed by atoms with Gasteiger partial charge in [0.1, 0.15) is 0 Å². The van der Waals surface area contributed by atoms with Crippen molar-refractivity contribution in [1.29, 1.82) is 0 Å². The third kappa shape index (κ3) is 3.47. The Morgan fingerprint density at radius 2 is 2.12 bits per heavy atom. The first kappa shape index (κ1) is 12.4. The molecule has 0 spiro atoms. The molecule has 17 heavy (non-hydrogen) atoms. The van der Waals surface area contributed by atoms with Crippen molar-refractivity contribution in [2.45, 2.75) is 39.7 Å². The Labute approximate surface area is 105 Å². The summed E-state index contributed by atoms with van der Waals surface area (Å²) in [4.78, 5) is 2.56. The standard InChI is InChI=1S/C15H24N2/c1-12(2)4-3-8-17-9-7-13-5-6-15(16)10-14(13)11-17/h5-6,10,12H,3-4,7-9,11,16H2,1-2H3. The second kappa shape index (κ2) is 5.54. The van der Waals surface area contributed by atoms with Gasteiger partial charge in [0, 0.05) is 18.8 Å². The molecule has 0 amide bonds. The van der Waals surface area contributed by atoms with E-state index in [1.807, 2.05) is 6.07 Å². The van der Waals surface area contributed by atoms with E-state index in [0.29, 0.717) is 0 Å². The highest BCUT2D eigenvalue weighted by molar-refractivity contribution is 5.45. The molecule has 2 heteroatoms. The fourth-order valence-electron chi connectivity index (χ4n) is 2.55. The topological polar surface area (TPSA) is 29.3 Å². The molecule has 1 aliphatic rings. The summed E-state index contributed by atoms with van der Waals surface area (Å²) in [7, 11) is 0. The molecule has 94 valence electrons. The summed E-state index contributed by atoms with van der Waals surface area (Å²) in [6.07, 6.45) is 3.83. The SMILES string of the molecule is CC(C)CCCN1CCc2ccc(N)cc2C1. The average Bonchev–Trinajstić information content (AvgIpc) is 2.28. The van der Waals surface area contributed by atoms with E-state index in [1.165, 1.54) is 43.5 Å². The highest BCUT2D eigenvalue weighted by Gasteiger charge is 2.15. The van der Waals surface area contributed by atoms with Crippen molar-refractivity contribution in [2.75, 3.05) is 18.8 Å². The zero-order valence-corrected chi connectivity index (χ0v) is 11.1. The largest absolute Gasteiger partial charge is 0.399 e. The summed E-state index contributed by atoms with van der Waals surface area (Å²) in [5, 5.41) is 0. The van der Waals surface area contributed by atoms with Crippen molar-refractivity contribution < 1.29 is 0 Å². The van der Waals surface area contributed by atoms with Gasteiger partial charge in [-0.3, -0.25) is 4.90 Å². The molecule has 0 saturated carbocycles. The summed E-state index contributed by atoms with van der Waals surface area (Å²) >= 11 is 0. The lowest BCUT2D eigenvalue weighted by Gasteiger charge is -2.29. The number of benzene rings is 1. The molecule has 0 bridgehead atoms. The fourth-order valence-corrected chi connectivity index (χ4v) is 2.55. The molecular formula is C15H24N2. The Hall–Kier alpha value is -1.02. The molecule has 2 rings (SSSR count). The Morgan fingerprint density at radius 1 is 1.29 bits per heavy atom. The molecule has 0 aliphatic carbocycles. The van der Waals surface area contributed by atoms with Crippen LogP contribution in [0.25, 0.3) is 0 Å². The molecule has 1 aromatic rings. The third-order valence-corrected chi connectivity index (χ3v) is 3.58. The number of hydrogen-bond donors (Lipinski definition) is 1. The van der Waals surface area contributed by atoms with Crippen molar-refractivity contribution in [3.8, 4) is 0 Å². The number of nitrogens with two attached hydrogens (primary N) is 1. The number of hydrogen-bond acceptors (Lipinski definition) is 2. The molecule has 1 aromatic carbocycles. The molecule has 2 nitrogen and oxygen atoms in total. The van der Waals surface area contributed by atoms with Crippen molar-refractivity contribution in [2.24, 2.45) is 5.92 Å². The normalized spacial score (nSPS) is 16.2. The van der Waals surface area contributed by atoms with Gasteiger partial charge in [0.05, 0.1) is 0 Å². The maximum atomic E-state index is 5.85. The van der Waals surface area contributed by atoms with Crippen LogP contribution in [0.2, 0.25) is 0 Å². The molecular weight excluding hydrogens is 208 g/mol. The van der Waals surface area contributed by atoms with Crippen LogP contribution in [0, 0.1) is 5.92 Å². The highest BCUT2D eigenvalue weighted by Crippen LogP contribution is 2.21. The summed E-state index contributed by atoms with van der Waals surface area (Å²) in [6, 6.07) is 6.35. The second-order valence-electron chi connectivity index (χ2n) is 5.59.